The average molecular weight is 360 g/mol. The molecular formula is C15H13Cl3N2O2. The molecule has 2 aromatic rings. The quantitative estimate of drug-likeness (QED) is 0.782. The van der Waals surface area contributed by atoms with Crippen LogP contribution in [0.1, 0.15) is 35.4 Å². The van der Waals surface area contributed by atoms with Crippen molar-refractivity contribution >= 4 is 57.4 Å². The fraction of sp³-hybridized carbons (Fsp3) is 0.333. The average Bonchev–Trinajstić information content (AvgIpc) is 2.85. The van der Waals surface area contributed by atoms with Crippen molar-refractivity contribution in [3.05, 3.63) is 35.5 Å². The molecule has 1 N–H and O–H groups in total. The predicted molar refractivity (Wildman–Crippen MR) is 87.7 cm³/mol. The third kappa shape index (κ3) is 2.39. The summed E-state index contributed by atoms with van der Waals surface area (Å²) in [5.41, 5.74) is 2.21. The number of hydrogen-bond donors (Lipinski definition) is 1. The lowest BCUT2D eigenvalue weighted by atomic mass is 9.95. The highest BCUT2D eigenvalue weighted by Gasteiger charge is 2.43. The molecule has 0 bridgehead atoms. The second-order valence-electron chi connectivity index (χ2n) is 5.24. The van der Waals surface area contributed by atoms with Crippen LogP contribution < -0.4 is 0 Å². The maximum absolute atomic E-state index is 12.5. The van der Waals surface area contributed by atoms with Crippen LogP contribution in [0.5, 0.6) is 0 Å². The van der Waals surface area contributed by atoms with E-state index in [1.165, 1.54) is 4.90 Å². The summed E-state index contributed by atoms with van der Waals surface area (Å²) in [4.78, 5) is 29.4. The Morgan fingerprint density at radius 1 is 1.36 bits per heavy atom. The Kier molecular flexibility index (Phi) is 3.87. The van der Waals surface area contributed by atoms with Gasteiger partial charge >= 0.3 is 0 Å². The van der Waals surface area contributed by atoms with Crippen LogP contribution in [0.4, 0.5) is 0 Å². The van der Waals surface area contributed by atoms with Gasteiger partial charge in [0.15, 0.2) is 5.78 Å². The number of alkyl halides is 3. The van der Waals surface area contributed by atoms with Crippen molar-refractivity contribution in [2.45, 2.75) is 23.2 Å². The minimum Gasteiger partial charge on any atom is -0.356 e. The van der Waals surface area contributed by atoms with Crippen LogP contribution in [0.15, 0.2) is 24.3 Å². The lowest BCUT2D eigenvalue weighted by Gasteiger charge is -2.36. The molecule has 1 aliphatic heterocycles. The van der Waals surface area contributed by atoms with Crippen molar-refractivity contribution in [1.82, 2.24) is 9.88 Å². The zero-order valence-corrected chi connectivity index (χ0v) is 14.0. The fourth-order valence-electron chi connectivity index (χ4n) is 3.01. The zero-order chi connectivity index (χ0) is 16.1. The van der Waals surface area contributed by atoms with Gasteiger partial charge in [-0.25, -0.2) is 0 Å². The van der Waals surface area contributed by atoms with Gasteiger partial charge in [-0.15, -0.1) is 0 Å². The number of carbonyl (C=O) groups excluding carboxylic acids is 2. The van der Waals surface area contributed by atoms with E-state index < -0.39 is 9.70 Å². The molecule has 7 heteroatoms. The monoisotopic (exact) mass is 358 g/mol. The minimum absolute atomic E-state index is 0.0832. The van der Waals surface area contributed by atoms with E-state index in [4.69, 9.17) is 34.8 Å². The number of aromatic nitrogens is 1. The molecule has 0 spiro atoms. The Bertz CT molecular complexity index is 764. The van der Waals surface area contributed by atoms with Gasteiger partial charge in [0, 0.05) is 16.6 Å². The lowest BCUT2D eigenvalue weighted by Crippen LogP contribution is -2.47. The molecule has 1 aliphatic rings. The summed E-state index contributed by atoms with van der Waals surface area (Å²) in [5.74, 6) is -0.832. The summed E-state index contributed by atoms with van der Waals surface area (Å²) in [5, 5.41) is 0.863. The molecule has 0 aliphatic carbocycles. The smallest absolute Gasteiger partial charge is 0.275 e. The van der Waals surface area contributed by atoms with E-state index in [2.05, 4.69) is 4.98 Å². The molecule has 1 amide bonds. The van der Waals surface area contributed by atoms with Gasteiger partial charge in [-0.2, -0.15) is 0 Å². The first-order valence-corrected chi connectivity index (χ1v) is 7.99. The van der Waals surface area contributed by atoms with Gasteiger partial charge in [-0.05, 0) is 12.5 Å². The van der Waals surface area contributed by atoms with E-state index in [-0.39, 0.29) is 18.4 Å². The minimum atomic E-state index is -2.07. The maximum Gasteiger partial charge on any atom is 0.275 e. The summed E-state index contributed by atoms with van der Waals surface area (Å²) in [6, 6.07) is 7.24. The number of benzene rings is 1. The van der Waals surface area contributed by atoms with Crippen LogP contribution in [0.25, 0.3) is 10.9 Å². The summed E-state index contributed by atoms with van der Waals surface area (Å²) < 4.78 is -2.07. The van der Waals surface area contributed by atoms with Crippen molar-refractivity contribution in [2.75, 3.05) is 6.54 Å². The third-order valence-electron chi connectivity index (χ3n) is 3.93. The van der Waals surface area contributed by atoms with Gasteiger partial charge in [0.2, 0.25) is 0 Å². The standard InChI is InChI=1S/C15H13Cl3N2O2/c1-2-10-13-12(8-5-3-4-6-9(8)19-13)11(21)7-20(10)14(22)15(16,17)18/h3-6,10,19H,2,7H2,1H3. The number of para-hydroxylation sites is 1. The molecule has 0 saturated heterocycles. The third-order valence-corrected chi connectivity index (χ3v) is 4.41. The van der Waals surface area contributed by atoms with Crippen molar-refractivity contribution in [3.63, 3.8) is 0 Å². The molecule has 22 heavy (non-hydrogen) atoms. The van der Waals surface area contributed by atoms with Crippen LogP contribution in [0.3, 0.4) is 0 Å². The number of ketones is 1. The second kappa shape index (κ2) is 5.44. The van der Waals surface area contributed by atoms with Crippen LogP contribution in [-0.2, 0) is 4.79 Å². The molecule has 0 radical (unpaired) electrons. The Morgan fingerprint density at radius 3 is 2.68 bits per heavy atom. The summed E-state index contributed by atoms with van der Waals surface area (Å²) in [6.07, 6.45) is 0.611. The molecule has 1 atom stereocenters. The number of Topliss-reactive ketones (excluding diaryl/α,β-unsaturated/α-hetero) is 1. The van der Waals surface area contributed by atoms with E-state index in [0.717, 1.165) is 10.9 Å². The molecule has 0 saturated carbocycles. The fourth-order valence-corrected chi connectivity index (χ4v) is 3.34. The van der Waals surface area contributed by atoms with Crippen LogP contribution in [0, 0.1) is 0 Å². The highest BCUT2D eigenvalue weighted by atomic mass is 35.6. The first kappa shape index (κ1) is 15.7. The number of rotatable bonds is 1. The largest absolute Gasteiger partial charge is 0.356 e. The normalized spacial score (nSPS) is 18.6. The number of nitrogens with zero attached hydrogens (tertiary/aromatic N) is 1. The van der Waals surface area contributed by atoms with Crippen molar-refractivity contribution < 1.29 is 9.59 Å². The van der Waals surface area contributed by atoms with Gasteiger partial charge in [0.05, 0.1) is 18.2 Å². The number of halogens is 3. The number of carbonyl (C=O) groups is 2. The van der Waals surface area contributed by atoms with E-state index in [1.54, 1.807) is 0 Å². The first-order valence-electron chi connectivity index (χ1n) is 6.86. The molecule has 4 nitrogen and oxygen atoms in total. The molecule has 1 aromatic heterocycles. The van der Waals surface area contributed by atoms with E-state index >= 15 is 0 Å². The molecule has 0 fully saturated rings. The van der Waals surface area contributed by atoms with E-state index in [1.807, 2.05) is 31.2 Å². The summed E-state index contributed by atoms with van der Waals surface area (Å²) in [6.45, 7) is 1.84. The lowest BCUT2D eigenvalue weighted by molar-refractivity contribution is -0.132. The van der Waals surface area contributed by atoms with Crippen molar-refractivity contribution in [2.24, 2.45) is 0 Å². The van der Waals surface area contributed by atoms with E-state index in [9.17, 15) is 9.59 Å². The summed E-state index contributed by atoms with van der Waals surface area (Å²) in [7, 11) is 0. The maximum atomic E-state index is 12.5. The number of aromatic amines is 1. The number of amides is 1. The number of nitrogens with one attached hydrogen (secondary N) is 1. The highest BCUT2D eigenvalue weighted by Crippen LogP contribution is 2.39. The van der Waals surface area contributed by atoms with E-state index in [0.29, 0.717) is 17.7 Å². The topological polar surface area (TPSA) is 53.2 Å². The number of H-pyrrole nitrogens is 1. The zero-order valence-electron chi connectivity index (χ0n) is 11.7. The van der Waals surface area contributed by atoms with Crippen LogP contribution in [0.2, 0.25) is 0 Å². The summed E-state index contributed by atoms with van der Waals surface area (Å²) >= 11 is 17.1. The van der Waals surface area contributed by atoms with Gasteiger partial charge in [0.1, 0.15) is 0 Å². The Hall–Kier alpha value is -1.23. The van der Waals surface area contributed by atoms with Crippen LogP contribution >= 0.6 is 34.8 Å². The first-order chi connectivity index (χ1) is 10.3. The second-order valence-corrected chi connectivity index (χ2v) is 7.52. The number of fused-ring (bicyclic) bond motifs is 3. The Morgan fingerprint density at radius 2 is 2.05 bits per heavy atom. The molecule has 2 heterocycles. The number of hydrogen-bond acceptors (Lipinski definition) is 2. The predicted octanol–water partition coefficient (Wildman–Crippen LogP) is 4.01. The molecular weight excluding hydrogens is 347 g/mol. The Labute approximate surface area is 142 Å². The molecule has 1 aromatic carbocycles. The molecule has 3 rings (SSSR count). The van der Waals surface area contributed by atoms with Gasteiger partial charge in [0.25, 0.3) is 9.70 Å². The van der Waals surface area contributed by atoms with Crippen molar-refractivity contribution in [1.29, 1.82) is 0 Å². The van der Waals surface area contributed by atoms with Gasteiger partial charge in [-0.1, -0.05) is 59.9 Å². The Balaban J connectivity index is 2.15. The molecule has 116 valence electrons. The molecule has 1 unspecified atom stereocenters. The van der Waals surface area contributed by atoms with Crippen LogP contribution in [-0.4, -0.2) is 31.9 Å². The van der Waals surface area contributed by atoms with Gasteiger partial charge < -0.3 is 9.88 Å². The van der Waals surface area contributed by atoms with Crippen molar-refractivity contribution in [3.8, 4) is 0 Å². The van der Waals surface area contributed by atoms with Gasteiger partial charge in [-0.3, -0.25) is 9.59 Å². The highest BCUT2D eigenvalue weighted by molar-refractivity contribution is 6.76. The SMILES string of the molecule is CCC1c2[nH]c3ccccc3c2C(=O)CN1C(=O)C(Cl)(Cl)Cl.